The number of nitrogens with zero attached hydrogens (tertiary/aromatic N) is 3. The summed E-state index contributed by atoms with van der Waals surface area (Å²) in [6.07, 6.45) is 53.9. The van der Waals surface area contributed by atoms with E-state index in [1.165, 1.54) is 192 Å². The number of esters is 4. The zero-order chi connectivity index (χ0) is 59.4. The minimum absolute atomic E-state index is 0.0891. The molecule has 13 heteroatoms. The molecule has 2 heterocycles. The zero-order valence-electron chi connectivity index (χ0n) is 54.0. The van der Waals surface area contributed by atoms with E-state index in [1.807, 2.05) is 6.92 Å². The molecule has 0 saturated carbocycles. The van der Waals surface area contributed by atoms with Gasteiger partial charge in [0.1, 0.15) is 25.5 Å². The van der Waals surface area contributed by atoms with Crippen LogP contribution >= 0.6 is 11.7 Å². The normalized spacial score (nSPS) is 15.1. The number of unbranched alkanes of at least 4 members (excludes halogenated alkanes) is 37. The van der Waals surface area contributed by atoms with Crippen molar-refractivity contribution in [1.82, 2.24) is 8.75 Å². The van der Waals surface area contributed by atoms with E-state index >= 15 is 0 Å². The summed E-state index contributed by atoms with van der Waals surface area (Å²) in [6.45, 7) is 13.0. The maximum atomic E-state index is 13.1. The molecule has 0 radical (unpaired) electrons. The lowest BCUT2D eigenvalue weighted by Crippen LogP contribution is -2.55. The number of carbonyl (C=O) groups excluding carboxylic acids is 4. The van der Waals surface area contributed by atoms with Crippen molar-refractivity contribution in [3.63, 3.8) is 0 Å². The van der Waals surface area contributed by atoms with Crippen LogP contribution < -0.4 is 4.74 Å². The average molecular weight is 1170 g/mol. The fraction of sp³-hybridized carbons (Fsp3) is 0.884. The third-order valence-corrected chi connectivity index (χ3v) is 17.5. The fourth-order valence-electron chi connectivity index (χ4n) is 11.3. The SMILES string of the molecule is CCCCCCCCCCCCCCCC(=O)OCC(COC(=O)CCCCCCCCCCCCCCC)OC(=O)CCCCCCCCCCCCCC(C)CC(=O)OC(C)[N+]1(C)CCC=C(c2nsnc2OCCCCCC)C1. The maximum Gasteiger partial charge on any atom is 0.310 e. The van der Waals surface area contributed by atoms with Crippen LogP contribution in [-0.2, 0) is 38.1 Å². The average Bonchev–Trinajstić information content (AvgIpc) is 4.12. The highest BCUT2D eigenvalue weighted by molar-refractivity contribution is 6.99. The van der Waals surface area contributed by atoms with Crippen LogP contribution in [0.5, 0.6) is 5.88 Å². The Morgan fingerprint density at radius 2 is 0.878 bits per heavy atom. The summed E-state index contributed by atoms with van der Waals surface area (Å²) in [7, 11) is 2.17. The van der Waals surface area contributed by atoms with Crippen molar-refractivity contribution in [2.45, 2.75) is 349 Å². The molecule has 0 aromatic carbocycles. The van der Waals surface area contributed by atoms with E-state index in [9.17, 15) is 19.2 Å². The van der Waals surface area contributed by atoms with Gasteiger partial charge in [-0.05, 0) is 31.6 Å². The number of hydrogen-bond donors (Lipinski definition) is 0. The summed E-state index contributed by atoms with van der Waals surface area (Å²) in [5.41, 5.74) is 1.96. The largest absolute Gasteiger partial charge is 0.475 e. The standard InChI is InChI=1S/C69H126N3O9S/c1-7-10-13-16-18-20-22-24-28-32-36-40-44-51-64(73)78-58-63(59-79-65(74)52-45-41-37-33-29-25-23-21-19-17-14-11-8-2)81-66(75)53-46-42-38-34-30-26-27-31-35-39-43-49-60(4)56-67(76)80-61(5)72(6)54-48-50-62(57-72)68-69(71-82-70-68)77-55-47-15-12-9-3/h50,60-61,63H,7-49,51-59H2,1-6H3/q+1. The molecular formula is C69H126N3O9S+. The Balaban J connectivity index is 1.58. The summed E-state index contributed by atoms with van der Waals surface area (Å²) in [6, 6.07) is 0. The van der Waals surface area contributed by atoms with Crippen LogP contribution in [0.15, 0.2) is 6.08 Å². The third-order valence-electron chi connectivity index (χ3n) is 17.0. The number of rotatable bonds is 58. The highest BCUT2D eigenvalue weighted by Gasteiger charge is 2.37. The quantitative estimate of drug-likeness (QED) is 0.0266. The highest BCUT2D eigenvalue weighted by atomic mass is 32.1. The molecule has 0 bridgehead atoms. The number of quaternary nitrogens is 1. The topological polar surface area (TPSA) is 140 Å². The number of likely N-dealkylation sites (N-methyl/N-ethyl adjacent to an activating group) is 1. The molecule has 1 aliphatic rings. The van der Waals surface area contributed by atoms with Crippen LogP contribution in [0.3, 0.4) is 0 Å². The van der Waals surface area contributed by atoms with Crippen LogP contribution in [0.1, 0.15) is 342 Å². The first kappa shape index (κ1) is 75.0. The number of carbonyl (C=O) groups is 4. The third kappa shape index (κ3) is 41.1. The van der Waals surface area contributed by atoms with E-state index < -0.39 is 6.10 Å². The minimum Gasteiger partial charge on any atom is -0.475 e. The van der Waals surface area contributed by atoms with Crippen molar-refractivity contribution in [3.8, 4) is 5.88 Å². The van der Waals surface area contributed by atoms with Gasteiger partial charge in [0.05, 0.1) is 31.9 Å². The van der Waals surface area contributed by atoms with Crippen molar-refractivity contribution in [2.75, 3.05) is 40.0 Å². The van der Waals surface area contributed by atoms with E-state index in [1.54, 1.807) is 0 Å². The molecule has 12 nitrogen and oxygen atoms in total. The number of hydrogen-bond acceptors (Lipinski definition) is 12. The van der Waals surface area contributed by atoms with E-state index in [-0.39, 0.29) is 43.3 Å². The Morgan fingerprint density at radius 1 is 0.488 bits per heavy atom. The molecule has 3 unspecified atom stereocenters. The van der Waals surface area contributed by atoms with Gasteiger partial charge in [0.2, 0.25) is 6.23 Å². The van der Waals surface area contributed by atoms with E-state index in [0.29, 0.717) is 48.6 Å². The Bertz CT molecular complexity index is 1690. The van der Waals surface area contributed by atoms with Gasteiger partial charge in [-0.3, -0.25) is 23.7 Å². The van der Waals surface area contributed by atoms with Crippen LogP contribution in [0.4, 0.5) is 0 Å². The monoisotopic (exact) mass is 1170 g/mol. The van der Waals surface area contributed by atoms with Gasteiger partial charge in [0.15, 0.2) is 6.10 Å². The molecule has 0 N–H and O–H groups in total. The van der Waals surface area contributed by atoms with E-state index in [4.69, 9.17) is 23.7 Å². The molecule has 82 heavy (non-hydrogen) atoms. The highest BCUT2D eigenvalue weighted by Crippen LogP contribution is 2.32. The first-order valence-corrected chi connectivity index (χ1v) is 35.4. The van der Waals surface area contributed by atoms with Crippen molar-refractivity contribution in [3.05, 3.63) is 11.8 Å². The Morgan fingerprint density at radius 3 is 1.32 bits per heavy atom. The summed E-state index contributed by atoms with van der Waals surface area (Å²) in [5, 5.41) is 0. The van der Waals surface area contributed by atoms with Gasteiger partial charge in [0, 0.05) is 44.6 Å². The molecule has 3 atom stereocenters. The molecule has 1 aliphatic heterocycles. The van der Waals surface area contributed by atoms with Gasteiger partial charge in [-0.1, -0.05) is 278 Å². The van der Waals surface area contributed by atoms with Crippen LogP contribution in [0.25, 0.3) is 5.57 Å². The molecular weight excluding hydrogens is 1050 g/mol. The Labute approximate surface area is 507 Å². The van der Waals surface area contributed by atoms with Gasteiger partial charge in [-0.2, -0.15) is 4.37 Å². The molecule has 476 valence electrons. The first-order valence-electron chi connectivity index (χ1n) is 34.7. The molecule has 1 aromatic heterocycles. The van der Waals surface area contributed by atoms with E-state index in [0.717, 1.165) is 121 Å². The lowest BCUT2D eigenvalue weighted by atomic mass is 9.98. The molecule has 0 amide bonds. The van der Waals surface area contributed by atoms with Crippen molar-refractivity contribution >= 4 is 41.2 Å². The second-order valence-electron chi connectivity index (χ2n) is 25.0. The maximum absolute atomic E-state index is 13.1. The second-order valence-corrected chi connectivity index (χ2v) is 25.5. The predicted molar refractivity (Wildman–Crippen MR) is 340 cm³/mol. The van der Waals surface area contributed by atoms with Gasteiger partial charge < -0.3 is 23.7 Å². The molecule has 0 spiro atoms. The van der Waals surface area contributed by atoms with E-state index in [2.05, 4.69) is 49.6 Å². The minimum atomic E-state index is -0.796. The molecule has 0 aliphatic carbocycles. The summed E-state index contributed by atoms with van der Waals surface area (Å²) in [5.74, 6) is -0.0826. The van der Waals surface area contributed by atoms with Crippen molar-refractivity contribution in [2.24, 2.45) is 5.92 Å². The van der Waals surface area contributed by atoms with Crippen LogP contribution in [0.2, 0.25) is 0 Å². The number of ether oxygens (including phenoxy) is 5. The van der Waals surface area contributed by atoms with Crippen LogP contribution in [0, 0.1) is 5.92 Å². The molecule has 0 saturated heterocycles. The molecule has 1 aromatic rings. The zero-order valence-corrected chi connectivity index (χ0v) is 54.8. The smallest absolute Gasteiger partial charge is 0.310 e. The second kappa shape index (κ2) is 52.3. The summed E-state index contributed by atoms with van der Waals surface area (Å²) in [4.78, 5) is 51.5. The molecule has 0 fully saturated rings. The lowest BCUT2D eigenvalue weighted by molar-refractivity contribution is -0.944. The number of aromatic nitrogens is 2. The summed E-state index contributed by atoms with van der Waals surface area (Å²) < 4.78 is 38.7. The predicted octanol–water partition coefficient (Wildman–Crippen LogP) is 19.7. The lowest BCUT2D eigenvalue weighted by Gasteiger charge is -2.41. The van der Waals surface area contributed by atoms with Gasteiger partial charge in [-0.15, -0.1) is 4.37 Å². The van der Waals surface area contributed by atoms with Gasteiger partial charge in [-0.25, -0.2) is 0 Å². The van der Waals surface area contributed by atoms with Gasteiger partial charge in [0.25, 0.3) is 5.88 Å². The first-order chi connectivity index (χ1) is 40.0. The Kier molecular flexibility index (Phi) is 47.8. The molecule has 2 rings (SSSR count). The Hall–Kier alpha value is -3.06. The van der Waals surface area contributed by atoms with Crippen molar-refractivity contribution < 1.29 is 47.3 Å². The van der Waals surface area contributed by atoms with Gasteiger partial charge >= 0.3 is 23.9 Å². The fourth-order valence-corrected chi connectivity index (χ4v) is 11.8. The van der Waals surface area contributed by atoms with Crippen LogP contribution in [-0.4, -0.2) is 89.4 Å². The van der Waals surface area contributed by atoms with Crippen molar-refractivity contribution in [1.29, 1.82) is 0 Å². The summed E-state index contributed by atoms with van der Waals surface area (Å²) >= 11 is 1.20.